The number of carbonyl (C=O) groups excluding carboxylic acids is 3. The molecule has 1 heterocycles. The van der Waals surface area contributed by atoms with Crippen LogP contribution in [-0.4, -0.2) is 29.6 Å². The standard InChI is InChI=1S/C22H26N4O5/c1-2-3-4-5-17(12-20(27)26-30)21(28)24-14-25-22(29)19-11-10-18(31-19)16-8-6-15(13-23)7-9-16/h6-11,17,30H,2-5,12,14H2,1H3,(H,24,28)(H,25,29)(H,26,27)/t17-/m1/s1. The van der Waals surface area contributed by atoms with Gasteiger partial charge >= 0.3 is 0 Å². The van der Waals surface area contributed by atoms with E-state index in [1.807, 2.05) is 13.0 Å². The van der Waals surface area contributed by atoms with Crippen LogP contribution < -0.4 is 16.1 Å². The molecule has 0 radical (unpaired) electrons. The maximum atomic E-state index is 12.4. The van der Waals surface area contributed by atoms with Gasteiger partial charge in [-0.05, 0) is 42.8 Å². The molecular formula is C22H26N4O5. The molecule has 31 heavy (non-hydrogen) atoms. The number of unbranched alkanes of at least 4 members (excludes halogenated alkanes) is 2. The minimum Gasteiger partial charge on any atom is -0.451 e. The number of carbonyl (C=O) groups is 3. The van der Waals surface area contributed by atoms with Crippen LogP contribution in [0.15, 0.2) is 40.8 Å². The summed E-state index contributed by atoms with van der Waals surface area (Å²) in [5.41, 5.74) is 2.79. The van der Waals surface area contributed by atoms with Crippen molar-refractivity contribution in [3.63, 3.8) is 0 Å². The minimum absolute atomic E-state index is 0.0766. The molecule has 0 saturated heterocycles. The smallest absolute Gasteiger partial charge is 0.288 e. The molecule has 0 bridgehead atoms. The van der Waals surface area contributed by atoms with Crippen LogP contribution in [0.2, 0.25) is 0 Å². The second-order valence-electron chi connectivity index (χ2n) is 7.01. The molecule has 9 nitrogen and oxygen atoms in total. The second-order valence-corrected chi connectivity index (χ2v) is 7.01. The number of nitriles is 1. The third-order valence-electron chi connectivity index (χ3n) is 4.72. The second kappa shape index (κ2) is 12.1. The van der Waals surface area contributed by atoms with Crippen molar-refractivity contribution in [3.8, 4) is 17.4 Å². The number of rotatable bonds is 11. The maximum Gasteiger partial charge on any atom is 0.288 e. The summed E-state index contributed by atoms with van der Waals surface area (Å²) in [5.74, 6) is -1.56. The van der Waals surface area contributed by atoms with Gasteiger partial charge in [0.1, 0.15) is 5.76 Å². The van der Waals surface area contributed by atoms with Crippen LogP contribution in [0, 0.1) is 17.2 Å². The molecule has 2 aromatic rings. The minimum atomic E-state index is -0.633. The Labute approximate surface area is 180 Å². The molecule has 0 aliphatic heterocycles. The van der Waals surface area contributed by atoms with Crippen LogP contribution in [0.4, 0.5) is 0 Å². The number of benzene rings is 1. The van der Waals surface area contributed by atoms with Gasteiger partial charge in [0.15, 0.2) is 5.76 Å². The molecule has 164 valence electrons. The van der Waals surface area contributed by atoms with Crippen LogP contribution in [0.1, 0.15) is 55.1 Å². The van der Waals surface area contributed by atoms with E-state index >= 15 is 0 Å². The first kappa shape index (κ1) is 23.6. The van der Waals surface area contributed by atoms with Gasteiger partial charge in [-0.15, -0.1) is 0 Å². The number of hydroxylamine groups is 1. The summed E-state index contributed by atoms with van der Waals surface area (Å²) >= 11 is 0. The molecule has 0 unspecified atom stereocenters. The molecule has 0 aliphatic carbocycles. The Bertz CT molecular complexity index is 930. The fourth-order valence-electron chi connectivity index (χ4n) is 3.00. The highest BCUT2D eigenvalue weighted by Gasteiger charge is 2.21. The van der Waals surface area contributed by atoms with E-state index in [0.717, 1.165) is 24.8 Å². The Balaban J connectivity index is 1.88. The van der Waals surface area contributed by atoms with Gasteiger partial charge in [0, 0.05) is 17.9 Å². The van der Waals surface area contributed by atoms with E-state index in [1.165, 1.54) is 6.07 Å². The van der Waals surface area contributed by atoms with E-state index in [-0.39, 0.29) is 24.8 Å². The molecule has 1 aromatic carbocycles. The molecular weight excluding hydrogens is 400 g/mol. The molecule has 1 aromatic heterocycles. The number of nitrogens with zero attached hydrogens (tertiary/aromatic N) is 1. The molecule has 0 aliphatic rings. The zero-order valence-electron chi connectivity index (χ0n) is 17.3. The number of nitrogens with one attached hydrogen (secondary N) is 3. The lowest BCUT2D eigenvalue weighted by atomic mass is 9.96. The van der Waals surface area contributed by atoms with Gasteiger partial charge in [-0.3, -0.25) is 19.6 Å². The van der Waals surface area contributed by atoms with Crippen molar-refractivity contribution >= 4 is 17.7 Å². The topological polar surface area (TPSA) is 144 Å². The van der Waals surface area contributed by atoms with Crippen molar-refractivity contribution in [1.29, 1.82) is 5.26 Å². The van der Waals surface area contributed by atoms with Crippen LogP contribution in [0.25, 0.3) is 11.3 Å². The van der Waals surface area contributed by atoms with Crippen molar-refractivity contribution in [3.05, 3.63) is 47.7 Å². The normalized spacial score (nSPS) is 11.3. The summed E-state index contributed by atoms with van der Waals surface area (Å²) in [6.07, 6.45) is 3.06. The average molecular weight is 426 g/mol. The first-order valence-corrected chi connectivity index (χ1v) is 10.1. The van der Waals surface area contributed by atoms with Crippen molar-refractivity contribution < 1.29 is 24.0 Å². The van der Waals surface area contributed by atoms with Crippen LogP contribution in [0.5, 0.6) is 0 Å². The Kier molecular flexibility index (Phi) is 9.26. The van der Waals surface area contributed by atoms with E-state index in [0.29, 0.717) is 17.7 Å². The summed E-state index contributed by atoms with van der Waals surface area (Å²) in [7, 11) is 0. The number of hydrogen-bond acceptors (Lipinski definition) is 6. The Hall–Kier alpha value is -3.64. The summed E-state index contributed by atoms with van der Waals surface area (Å²) < 4.78 is 5.55. The predicted molar refractivity (Wildman–Crippen MR) is 112 cm³/mol. The molecule has 0 fully saturated rings. The van der Waals surface area contributed by atoms with Gasteiger partial charge < -0.3 is 15.1 Å². The first-order valence-electron chi connectivity index (χ1n) is 10.1. The molecule has 2 rings (SSSR count). The summed E-state index contributed by atoms with van der Waals surface area (Å²) in [5, 5.41) is 22.7. The molecule has 0 spiro atoms. The predicted octanol–water partition coefficient (Wildman–Crippen LogP) is 2.71. The lowest BCUT2D eigenvalue weighted by Crippen LogP contribution is -2.41. The maximum absolute atomic E-state index is 12.4. The quantitative estimate of drug-likeness (QED) is 0.188. The van der Waals surface area contributed by atoms with Gasteiger partial charge in [0.25, 0.3) is 5.91 Å². The van der Waals surface area contributed by atoms with Gasteiger partial charge in [-0.1, -0.05) is 26.2 Å². The van der Waals surface area contributed by atoms with Crippen molar-refractivity contribution in [2.45, 2.75) is 39.0 Å². The number of amides is 3. The van der Waals surface area contributed by atoms with E-state index in [9.17, 15) is 14.4 Å². The molecule has 0 saturated carbocycles. The summed E-state index contributed by atoms with van der Waals surface area (Å²) in [6.45, 7) is 1.90. The Morgan fingerprint density at radius 2 is 1.84 bits per heavy atom. The van der Waals surface area contributed by atoms with Crippen molar-refractivity contribution in [2.75, 3.05) is 6.67 Å². The third kappa shape index (κ3) is 7.28. The largest absolute Gasteiger partial charge is 0.451 e. The fraction of sp³-hybridized carbons (Fsp3) is 0.364. The zero-order valence-corrected chi connectivity index (χ0v) is 17.3. The van der Waals surface area contributed by atoms with Gasteiger partial charge in [0.2, 0.25) is 11.8 Å². The molecule has 1 atom stereocenters. The molecule has 9 heteroatoms. The summed E-state index contributed by atoms with van der Waals surface area (Å²) in [4.78, 5) is 36.1. The van der Waals surface area contributed by atoms with Crippen LogP contribution in [-0.2, 0) is 9.59 Å². The fourth-order valence-corrected chi connectivity index (χ4v) is 3.00. The highest BCUT2D eigenvalue weighted by atomic mass is 16.5. The monoisotopic (exact) mass is 426 g/mol. The Morgan fingerprint density at radius 1 is 1.10 bits per heavy atom. The molecule has 3 amide bonds. The van der Waals surface area contributed by atoms with Gasteiger partial charge in [-0.2, -0.15) is 5.26 Å². The van der Waals surface area contributed by atoms with Crippen LogP contribution >= 0.6 is 0 Å². The zero-order chi connectivity index (χ0) is 22.6. The summed E-state index contributed by atoms with van der Waals surface area (Å²) in [6, 6.07) is 11.9. The highest BCUT2D eigenvalue weighted by molar-refractivity contribution is 5.92. The Morgan fingerprint density at radius 3 is 2.48 bits per heavy atom. The number of hydrogen-bond donors (Lipinski definition) is 4. The van der Waals surface area contributed by atoms with Crippen molar-refractivity contribution in [1.82, 2.24) is 16.1 Å². The molecule has 4 N–H and O–H groups in total. The number of furan rings is 1. The third-order valence-corrected chi connectivity index (χ3v) is 4.72. The van der Waals surface area contributed by atoms with Crippen LogP contribution in [0.3, 0.4) is 0 Å². The lowest BCUT2D eigenvalue weighted by Gasteiger charge is -2.16. The van der Waals surface area contributed by atoms with E-state index < -0.39 is 17.7 Å². The van der Waals surface area contributed by atoms with E-state index in [4.69, 9.17) is 14.9 Å². The SMILES string of the molecule is CCCCC[C@H](CC(=O)NO)C(=O)NCNC(=O)c1ccc(-c2ccc(C#N)cc2)o1. The van der Waals surface area contributed by atoms with E-state index in [1.54, 1.807) is 35.8 Å². The lowest BCUT2D eigenvalue weighted by molar-refractivity contribution is -0.135. The highest BCUT2D eigenvalue weighted by Crippen LogP contribution is 2.22. The van der Waals surface area contributed by atoms with Crippen molar-refractivity contribution in [2.24, 2.45) is 5.92 Å². The van der Waals surface area contributed by atoms with Gasteiger partial charge in [-0.25, -0.2) is 5.48 Å². The van der Waals surface area contributed by atoms with Gasteiger partial charge in [0.05, 0.1) is 18.3 Å². The first-order chi connectivity index (χ1) is 15.0. The van der Waals surface area contributed by atoms with E-state index in [2.05, 4.69) is 10.6 Å². The average Bonchev–Trinajstić information content (AvgIpc) is 3.28.